The van der Waals surface area contributed by atoms with Gasteiger partial charge in [-0.3, -0.25) is 4.79 Å². The number of aliphatic hydroxyl groups is 1. The second kappa shape index (κ2) is 5.90. The Hall–Kier alpha value is -1.44. The number of aliphatic hydroxyl groups excluding tert-OH is 1. The molecule has 0 atom stereocenters. The van der Waals surface area contributed by atoms with Gasteiger partial charge in [-0.1, -0.05) is 12.1 Å². The Morgan fingerprint density at radius 1 is 1.25 bits per heavy atom. The normalized spacial score (nSPS) is 22.2. The fourth-order valence-electron chi connectivity index (χ4n) is 2.14. The summed E-state index contributed by atoms with van der Waals surface area (Å²) in [7, 11) is -3.57. The van der Waals surface area contributed by atoms with Gasteiger partial charge < -0.3 is 10.2 Å². The van der Waals surface area contributed by atoms with Crippen LogP contribution < -0.4 is 4.72 Å². The first kappa shape index (κ1) is 15.0. The second-order valence-electron chi connectivity index (χ2n) is 5.06. The smallest absolute Gasteiger partial charge is 0.307 e. The highest BCUT2D eigenvalue weighted by Crippen LogP contribution is 2.26. The Kier molecular flexibility index (Phi) is 4.42. The van der Waals surface area contributed by atoms with Gasteiger partial charge in [0.1, 0.15) is 0 Å². The molecule has 3 N–H and O–H groups in total. The van der Waals surface area contributed by atoms with Gasteiger partial charge >= 0.3 is 5.97 Å². The van der Waals surface area contributed by atoms with Crippen molar-refractivity contribution in [3.05, 3.63) is 29.8 Å². The molecule has 7 heteroatoms. The van der Waals surface area contributed by atoms with E-state index in [4.69, 9.17) is 10.2 Å². The topological polar surface area (TPSA) is 104 Å². The van der Waals surface area contributed by atoms with E-state index in [2.05, 4.69) is 4.72 Å². The van der Waals surface area contributed by atoms with Gasteiger partial charge in [-0.05, 0) is 36.5 Å². The van der Waals surface area contributed by atoms with Gasteiger partial charge in [0.2, 0.25) is 10.0 Å². The van der Waals surface area contributed by atoms with Crippen LogP contribution in [0.3, 0.4) is 0 Å². The third-order valence-corrected chi connectivity index (χ3v) is 4.80. The van der Waals surface area contributed by atoms with Crippen molar-refractivity contribution in [1.82, 2.24) is 4.72 Å². The van der Waals surface area contributed by atoms with Crippen LogP contribution in [0.4, 0.5) is 0 Å². The number of benzene rings is 1. The predicted molar refractivity (Wildman–Crippen MR) is 71.7 cm³/mol. The zero-order valence-electron chi connectivity index (χ0n) is 10.8. The van der Waals surface area contributed by atoms with Gasteiger partial charge in [0.05, 0.1) is 17.4 Å². The number of rotatable bonds is 6. The summed E-state index contributed by atoms with van der Waals surface area (Å²) in [5.41, 5.74) is 0.554. The predicted octanol–water partition coefficient (Wildman–Crippen LogP) is 0.363. The number of sulfonamides is 1. The molecule has 1 aromatic rings. The highest BCUT2D eigenvalue weighted by atomic mass is 32.2. The van der Waals surface area contributed by atoms with E-state index in [1.54, 1.807) is 0 Å². The van der Waals surface area contributed by atoms with Crippen molar-refractivity contribution >= 4 is 16.0 Å². The number of carbonyl (C=O) groups is 1. The minimum Gasteiger partial charge on any atom is -0.481 e. The first-order valence-corrected chi connectivity index (χ1v) is 7.83. The summed E-state index contributed by atoms with van der Waals surface area (Å²) in [6.45, 7) is 0.316. The minimum absolute atomic E-state index is 0.117. The summed E-state index contributed by atoms with van der Waals surface area (Å²) in [6.07, 6.45) is 0.813. The SMILES string of the molecule is O=C(O)Cc1ccc(S(=O)(=O)NCC2CC(O)C2)cc1. The number of aliphatic carboxylic acids is 1. The second-order valence-corrected chi connectivity index (χ2v) is 6.82. The van der Waals surface area contributed by atoms with Crippen LogP contribution in [0.5, 0.6) is 0 Å². The third kappa shape index (κ3) is 3.78. The molecule has 0 amide bonds. The molecule has 1 aliphatic carbocycles. The van der Waals surface area contributed by atoms with Crippen LogP contribution >= 0.6 is 0 Å². The van der Waals surface area contributed by atoms with Gasteiger partial charge in [0.15, 0.2) is 0 Å². The highest BCUT2D eigenvalue weighted by Gasteiger charge is 2.28. The van der Waals surface area contributed by atoms with Gasteiger partial charge in [-0.2, -0.15) is 0 Å². The lowest BCUT2D eigenvalue weighted by Crippen LogP contribution is -2.38. The molecular formula is C13H17NO5S. The number of hydrogen-bond donors (Lipinski definition) is 3. The van der Waals surface area contributed by atoms with Crippen molar-refractivity contribution in [2.75, 3.05) is 6.54 Å². The molecule has 0 unspecified atom stereocenters. The Labute approximate surface area is 117 Å². The molecule has 0 heterocycles. The van der Waals surface area contributed by atoms with E-state index in [9.17, 15) is 13.2 Å². The maximum atomic E-state index is 12.0. The highest BCUT2D eigenvalue weighted by molar-refractivity contribution is 7.89. The van der Waals surface area contributed by atoms with E-state index in [-0.39, 0.29) is 23.3 Å². The summed E-state index contributed by atoms with van der Waals surface area (Å²) in [4.78, 5) is 10.7. The van der Waals surface area contributed by atoms with Crippen LogP contribution in [-0.4, -0.2) is 37.2 Å². The molecular weight excluding hydrogens is 282 g/mol. The number of hydrogen-bond acceptors (Lipinski definition) is 4. The monoisotopic (exact) mass is 299 g/mol. The largest absolute Gasteiger partial charge is 0.481 e. The van der Waals surface area contributed by atoms with Crippen LogP contribution in [-0.2, 0) is 21.2 Å². The molecule has 110 valence electrons. The lowest BCUT2D eigenvalue weighted by atomic mass is 9.83. The zero-order valence-corrected chi connectivity index (χ0v) is 11.6. The van der Waals surface area contributed by atoms with E-state index in [0.29, 0.717) is 24.9 Å². The summed E-state index contributed by atoms with van der Waals surface area (Å²) in [6, 6.07) is 5.79. The molecule has 6 nitrogen and oxygen atoms in total. The van der Waals surface area contributed by atoms with E-state index >= 15 is 0 Å². The van der Waals surface area contributed by atoms with Crippen LogP contribution in [0, 0.1) is 5.92 Å². The van der Waals surface area contributed by atoms with Crippen molar-refractivity contribution in [1.29, 1.82) is 0 Å². The van der Waals surface area contributed by atoms with E-state index in [0.717, 1.165) is 0 Å². The fourth-order valence-corrected chi connectivity index (χ4v) is 3.26. The standard InChI is InChI=1S/C13H17NO5S/c15-11-5-10(6-11)8-14-20(18,19)12-3-1-9(2-4-12)7-13(16)17/h1-4,10-11,14-15H,5-8H2,(H,16,17). The molecule has 1 fully saturated rings. The Morgan fingerprint density at radius 2 is 1.85 bits per heavy atom. The van der Waals surface area contributed by atoms with Gasteiger partial charge in [0, 0.05) is 6.54 Å². The zero-order chi connectivity index (χ0) is 14.8. The van der Waals surface area contributed by atoms with Gasteiger partial charge in [0.25, 0.3) is 0 Å². The van der Waals surface area contributed by atoms with Crippen molar-refractivity contribution in [3.8, 4) is 0 Å². The molecule has 1 saturated carbocycles. The average Bonchev–Trinajstić information content (AvgIpc) is 2.33. The molecule has 1 aromatic carbocycles. The lowest BCUT2D eigenvalue weighted by molar-refractivity contribution is -0.136. The number of carboxylic acids is 1. The minimum atomic E-state index is -3.57. The van der Waals surface area contributed by atoms with Crippen LogP contribution in [0.15, 0.2) is 29.2 Å². The van der Waals surface area contributed by atoms with Crippen molar-refractivity contribution in [2.24, 2.45) is 5.92 Å². The fraction of sp³-hybridized carbons (Fsp3) is 0.462. The quantitative estimate of drug-likeness (QED) is 0.704. The van der Waals surface area contributed by atoms with Gasteiger partial charge in [-0.25, -0.2) is 13.1 Å². The molecule has 0 saturated heterocycles. The molecule has 20 heavy (non-hydrogen) atoms. The van der Waals surface area contributed by atoms with Gasteiger partial charge in [-0.15, -0.1) is 0 Å². The third-order valence-electron chi connectivity index (χ3n) is 3.36. The van der Waals surface area contributed by atoms with Crippen molar-refractivity contribution in [3.63, 3.8) is 0 Å². The van der Waals surface area contributed by atoms with Crippen LogP contribution in [0.25, 0.3) is 0 Å². The first-order valence-electron chi connectivity index (χ1n) is 6.35. The van der Waals surface area contributed by atoms with Crippen LogP contribution in [0.1, 0.15) is 18.4 Å². The molecule has 0 aliphatic heterocycles. The molecule has 1 aliphatic rings. The Morgan fingerprint density at radius 3 is 2.35 bits per heavy atom. The lowest BCUT2D eigenvalue weighted by Gasteiger charge is -2.31. The van der Waals surface area contributed by atoms with E-state index in [1.165, 1.54) is 24.3 Å². The summed E-state index contributed by atoms with van der Waals surface area (Å²) in [5, 5.41) is 17.8. The molecule has 0 aromatic heterocycles. The molecule has 0 radical (unpaired) electrons. The summed E-state index contributed by atoms with van der Waals surface area (Å²) >= 11 is 0. The maximum Gasteiger partial charge on any atom is 0.307 e. The number of carboxylic acid groups (broad SMARTS) is 1. The van der Waals surface area contributed by atoms with E-state index < -0.39 is 16.0 Å². The Balaban J connectivity index is 1.96. The first-order chi connectivity index (χ1) is 9.37. The summed E-state index contributed by atoms with van der Waals surface area (Å²) in [5.74, 6) is -0.770. The maximum absolute atomic E-state index is 12.0. The molecule has 2 rings (SSSR count). The number of nitrogens with one attached hydrogen (secondary N) is 1. The molecule has 0 spiro atoms. The van der Waals surface area contributed by atoms with Crippen molar-refractivity contribution in [2.45, 2.75) is 30.3 Å². The Bertz CT molecular complexity index is 575. The summed E-state index contributed by atoms with van der Waals surface area (Å²) < 4.78 is 26.5. The van der Waals surface area contributed by atoms with Crippen LogP contribution in [0.2, 0.25) is 0 Å². The van der Waals surface area contributed by atoms with E-state index in [1.807, 2.05) is 0 Å². The van der Waals surface area contributed by atoms with Crippen molar-refractivity contribution < 1.29 is 23.4 Å². The average molecular weight is 299 g/mol. The molecule has 0 bridgehead atoms.